The Kier molecular flexibility index (Phi) is 6.75. The molecule has 3 aromatic rings. The van der Waals surface area contributed by atoms with Crippen LogP contribution in [0.4, 0.5) is 8.78 Å². The summed E-state index contributed by atoms with van der Waals surface area (Å²) in [7, 11) is 1.87. The number of hydrogen-bond donors (Lipinski definition) is 2. The second-order valence-corrected chi connectivity index (χ2v) is 7.14. The van der Waals surface area contributed by atoms with Gasteiger partial charge in [-0.1, -0.05) is 5.22 Å². The van der Waals surface area contributed by atoms with Gasteiger partial charge in [0.2, 0.25) is 0 Å². The Morgan fingerprint density at radius 1 is 1.26 bits per heavy atom. The second-order valence-electron chi connectivity index (χ2n) is 7.14. The highest BCUT2D eigenvalue weighted by molar-refractivity contribution is 5.97. The van der Waals surface area contributed by atoms with Crippen LogP contribution in [0.1, 0.15) is 28.8 Å². The number of nitrogens with one attached hydrogen (secondary N) is 1. The van der Waals surface area contributed by atoms with E-state index in [1.165, 1.54) is 12.4 Å². The molecule has 3 aromatic heterocycles. The van der Waals surface area contributed by atoms with Crippen LogP contribution in [-0.2, 0) is 0 Å². The standard InChI is InChI=1S/C14H11N7O.C6H11F2N/c15-13(19-20-16)11-4-12(7-17-6-11)21-2-1-10-3-9(8-22)5-18-14(10)21;1-9-4-2-6(7,8)3-5-9/h1-8H,(H3,15,16,19);2-5H2,1H3. The minimum atomic E-state index is -2.38. The number of aldehydes is 1. The topological polar surface area (TPSA) is 126 Å². The largest absolute Gasteiger partial charge is 0.306 e. The highest BCUT2D eigenvalue weighted by Gasteiger charge is 2.32. The molecule has 3 N–H and O–H groups in total. The number of hydrogen-bond acceptors (Lipinski definition) is 6. The molecule has 0 spiro atoms. The molecule has 0 radical (unpaired) electrons. The summed E-state index contributed by atoms with van der Waals surface area (Å²) in [6, 6.07) is 5.35. The Hall–Kier alpha value is -3.60. The number of carbonyl (C=O) groups is 1. The van der Waals surface area contributed by atoms with Crippen LogP contribution in [0.5, 0.6) is 0 Å². The maximum atomic E-state index is 12.4. The van der Waals surface area contributed by atoms with Crippen molar-refractivity contribution in [3.63, 3.8) is 0 Å². The number of likely N-dealkylation sites (tertiary alicyclic amines) is 1. The maximum Gasteiger partial charge on any atom is 0.250 e. The van der Waals surface area contributed by atoms with E-state index in [9.17, 15) is 13.6 Å². The lowest BCUT2D eigenvalue weighted by Gasteiger charge is -2.28. The Labute approximate surface area is 177 Å². The smallest absolute Gasteiger partial charge is 0.250 e. The Balaban J connectivity index is 0.000000254. The molecule has 11 heteroatoms. The van der Waals surface area contributed by atoms with Crippen molar-refractivity contribution in [1.29, 1.82) is 5.41 Å². The van der Waals surface area contributed by atoms with Crippen molar-refractivity contribution >= 4 is 23.2 Å². The molecule has 0 atom stereocenters. The highest BCUT2D eigenvalue weighted by Crippen LogP contribution is 2.26. The van der Waals surface area contributed by atoms with E-state index in [0.29, 0.717) is 29.9 Å². The first kappa shape index (κ1) is 22.1. The van der Waals surface area contributed by atoms with Crippen molar-refractivity contribution in [3.8, 4) is 5.69 Å². The van der Waals surface area contributed by atoms with Gasteiger partial charge < -0.3 is 10.7 Å². The molecule has 0 bridgehead atoms. The third-order valence-corrected chi connectivity index (χ3v) is 4.84. The third kappa shape index (κ3) is 5.51. The zero-order valence-electron chi connectivity index (χ0n) is 16.9. The van der Waals surface area contributed by atoms with E-state index in [-0.39, 0.29) is 18.7 Å². The molecule has 31 heavy (non-hydrogen) atoms. The summed E-state index contributed by atoms with van der Waals surface area (Å²) in [5.74, 6) is 2.49. The molecule has 0 aromatic carbocycles. The predicted molar refractivity (Wildman–Crippen MR) is 112 cm³/mol. The van der Waals surface area contributed by atoms with E-state index in [1.807, 2.05) is 28.8 Å². The minimum Gasteiger partial charge on any atom is -0.306 e. The number of nitrogens with two attached hydrogens (primary N) is 1. The Bertz CT molecular complexity index is 1100. The van der Waals surface area contributed by atoms with Crippen molar-refractivity contribution < 1.29 is 13.6 Å². The molecule has 1 aliphatic rings. The van der Waals surface area contributed by atoms with Gasteiger partial charge >= 0.3 is 0 Å². The quantitative estimate of drug-likeness (QED) is 0.165. The van der Waals surface area contributed by atoms with Gasteiger partial charge in [-0.25, -0.2) is 13.8 Å². The van der Waals surface area contributed by atoms with Crippen LogP contribution in [0.15, 0.2) is 53.3 Å². The molecule has 4 rings (SSSR count). The second kappa shape index (κ2) is 9.47. The van der Waals surface area contributed by atoms with E-state index in [4.69, 9.17) is 11.3 Å². The van der Waals surface area contributed by atoms with Crippen LogP contribution in [0.2, 0.25) is 0 Å². The van der Waals surface area contributed by atoms with E-state index in [1.54, 1.807) is 18.3 Å². The summed E-state index contributed by atoms with van der Waals surface area (Å²) < 4.78 is 26.5. The van der Waals surface area contributed by atoms with Gasteiger partial charge in [-0.15, -0.1) is 5.11 Å². The summed E-state index contributed by atoms with van der Waals surface area (Å²) >= 11 is 0. The van der Waals surface area contributed by atoms with Crippen LogP contribution in [0.3, 0.4) is 0 Å². The van der Waals surface area contributed by atoms with Crippen molar-refractivity contribution in [3.05, 3.63) is 54.1 Å². The van der Waals surface area contributed by atoms with Crippen molar-refractivity contribution in [1.82, 2.24) is 19.4 Å². The molecule has 0 saturated carbocycles. The molecular weight excluding hydrogens is 406 g/mol. The van der Waals surface area contributed by atoms with Gasteiger partial charge in [-0.2, -0.15) is 0 Å². The summed E-state index contributed by atoms with van der Waals surface area (Å²) in [6.45, 7) is 1.07. The number of nitrogens with zero attached hydrogens (tertiary/aromatic N) is 6. The number of aromatic nitrogens is 3. The minimum absolute atomic E-state index is 0.0312. The van der Waals surface area contributed by atoms with Crippen molar-refractivity contribution in [2.75, 3.05) is 20.1 Å². The van der Waals surface area contributed by atoms with Gasteiger partial charge in [0.05, 0.1) is 11.9 Å². The molecule has 0 amide bonds. The SMILES string of the molecule is CN1CCC(F)(F)CC1.N=C(N=NN)c1cncc(-n2ccc3cc(C=O)cnc32)c1. The highest BCUT2D eigenvalue weighted by atomic mass is 19.3. The zero-order valence-corrected chi connectivity index (χ0v) is 16.9. The average molecular weight is 428 g/mol. The average Bonchev–Trinajstić information content (AvgIpc) is 3.20. The van der Waals surface area contributed by atoms with Crippen LogP contribution >= 0.6 is 0 Å². The van der Waals surface area contributed by atoms with E-state index >= 15 is 0 Å². The first-order valence-corrected chi connectivity index (χ1v) is 9.47. The maximum absolute atomic E-state index is 12.4. The molecule has 4 heterocycles. The van der Waals surface area contributed by atoms with Crippen LogP contribution in [0, 0.1) is 5.41 Å². The number of piperidine rings is 1. The fourth-order valence-electron chi connectivity index (χ4n) is 3.06. The molecule has 1 saturated heterocycles. The zero-order chi connectivity index (χ0) is 22.4. The monoisotopic (exact) mass is 428 g/mol. The number of pyridine rings is 2. The summed E-state index contributed by atoms with van der Waals surface area (Å²) in [6.07, 6.45) is 7.29. The fourth-order valence-corrected chi connectivity index (χ4v) is 3.06. The number of fused-ring (bicyclic) bond motifs is 1. The van der Waals surface area contributed by atoms with Crippen LogP contribution in [0.25, 0.3) is 16.7 Å². The molecule has 1 aliphatic heterocycles. The van der Waals surface area contributed by atoms with Crippen LogP contribution < -0.4 is 5.84 Å². The Morgan fingerprint density at radius 2 is 2.00 bits per heavy atom. The Morgan fingerprint density at radius 3 is 2.65 bits per heavy atom. The summed E-state index contributed by atoms with van der Waals surface area (Å²) in [4.78, 5) is 21.1. The first-order chi connectivity index (χ1) is 14.8. The number of halogens is 2. The van der Waals surface area contributed by atoms with Crippen molar-refractivity contribution in [2.24, 2.45) is 16.2 Å². The number of carbonyl (C=O) groups excluding carboxylic acids is 1. The van der Waals surface area contributed by atoms with Gasteiger partial charge in [0.1, 0.15) is 5.65 Å². The van der Waals surface area contributed by atoms with Crippen molar-refractivity contribution in [2.45, 2.75) is 18.8 Å². The van der Waals surface area contributed by atoms with Gasteiger partial charge in [-0.3, -0.25) is 19.8 Å². The predicted octanol–water partition coefficient (Wildman–Crippen LogP) is 3.23. The molecule has 1 fully saturated rings. The number of alkyl halides is 2. The molecule has 9 nitrogen and oxygen atoms in total. The molecule has 0 aliphatic carbocycles. The molecule has 0 unspecified atom stereocenters. The lowest BCUT2D eigenvalue weighted by atomic mass is 10.1. The van der Waals surface area contributed by atoms with Gasteiger partial charge in [0.15, 0.2) is 12.1 Å². The summed E-state index contributed by atoms with van der Waals surface area (Å²) in [5.41, 5.74) is 2.41. The number of rotatable bonds is 3. The van der Waals surface area contributed by atoms with E-state index in [0.717, 1.165) is 17.4 Å². The van der Waals surface area contributed by atoms with E-state index < -0.39 is 5.92 Å². The fraction of sp³-hybridized carbons (Fsp3) is 0.300. The summed E-state index contributed by atoms with van der Waals surface area (Å²) in [5, 5.41) is 15.1. The normalized spacial score (nSPS) is 16.1. The molecular formula is C20H22F2N8O. The first-order valence-electron chi connectivity index (χ1n) is 9.47. The molecule has 162 valence electrons. The third-order valence-electron chi connectivity index (χ3n) is 4.84. The van der Waals surface area contributed by atoms with Crippen LogP contribution in [-0.4, -0.2) is 57.6 Å². The van der Waals surface area contributed by atoms with E-state index in [2.05, 4.69) is 20.3 Å². The van der Waals surface area contributed by atoms with Gasteiger partial charge in [0, 0.05) is 61.0 Å². The lowest BCUT2D eigenvalue weighted by Crippen LogP contribution is -2.36. The number of amidine groups is 1. The van der Waals surface area contributed by atoms with Gasteiger partial charge in [-0.05, 0) is 25.2 Å². The lowest BCUT2D eigenvalue weighted by molar-refractivity contribution is -0.0504. The van der Waals surface area contributed by atoms with Gasteiger partial charge in [0.25, 0.3) is 5.92 Å².